The van der Waals surface area contributed by atoms with Gasteiger partial charge in [0, 0.05) is 73.2 Å². The number of likely N-dealkylation sites (tertiary alicyclic amines) is 1. The predicted molar refractivity (Wildman–Crippen MR) is 210 cm³/mol. The van der Waals surface area contributed by atoms with Crippen molar-refractivity contribution in [2.24, 2.45) is 11.3 Å². The van der Waals surface area contributed by atoms with Crippen molar-refractivity contribution < 1.29 is 27.4 Å². The number of nitrogens with zero attached hydrogens (tertiary/aromatic N) is 9. The number of carbonyl (C=O) groups is 1. The number of thiophene rings is 1. The molecule has 4 atom stereocenters. The van der Waals surface area contributed by atoms with E-state index in [1.165, 1.54) is 23.0 Å². The van der Waals surface area contributed by atoms with E-state index < -0.39 is 23.3 Å². The number of hydrogen-bond donors (Lipinski definition) is 1. The number of fused-ring (bicyclic) bond motifs is 2. The lowest BCUT2D eigenvalue weighted by Crippen LogP contribution is -2.65. The van der Waals surface area contributed by atoms with Gasteiger partial charge < -0.3 is 25.0 Å². The number of nitrogen functional groups attached to an aromatic ring is 1. The number of anilines is 2. The molecule has 2 aromatic carbocycles. The second-order valence-corrected chi connectivity index (χ2v) is 17.5. The van der Waals surface area contributed by atoms with Crippen LogP contribution in [0.25, 0.3) is 32.1 Å². The quantitative estimate of drug-likeness (QED) is 0.173. The molecule has 10 rings (SSSR count). The van der Waals surface area contributed by atoms with Gasteiger partial charge in [-0.2, -0.15) is 20.5 Å². The van der Waals surface area contributed by atoms with Crippen LogP contribution in [0.5, 0.6) is 11.8 Å². The van der Waals surface area contributed by atoms with Crippen molar-refractivity contribution in [3.05, 3.63) is 53.1 Å². The third-order valence-corrected chi connectivity index (χ3v) is 14.3. The molecule has 3 saturated heterocycles. The molecule has 18 heteroatoms. The molecular weight excluding hydrogens is 793 g/mol. The zero-order chi connectivity index (χ0) is 40.1. The van der Waals surface area contributed by atoms with Crippen molar-refractivity contribution in [3.8, 4) is 35.0 Å². The van der Waals surface area contributed by atoms with Gasteiger partial charge in [-0.3, -0.25) is 9.47 Å². The second-order valence-electron chi connectivity index (χ2n) is 16.1. The maximum absolute atomic E-state index is 17.5. The minimum absolute atomic E-state index is 0.000948. The lowest BCUT2D eigenvalue weighted by Gasteiger charge is -2.53. The number of rotatable bonds is 8. The van der Waals surface area contributed by atoms with Crippen molar-refractivity contribution in [1.29, 1.82) is 10.5 Å². The fraction of sp³-hybridized carbons (Fsp3) is 0.450. The fourth-order valence-electron chi connectivity index (χ4n) is 10.1. The van der Waals surface area contributed by atoms with Crippen LogP contribution in [0.1, 0.15) is 44.1 Å². The van der Waals surface area contributed by atoms with Crippen LogP contribution in [0.2, 0.25) is 5.02 Å². The molecule has 3 aromatic heterocycles. The molecule has 58 heavy (non-hydrogen) atoms. The van der Waals surface area contributed by atoms with E-state index in [2.05, 4.69) is 20.9 Å². The van der Waals surface area contributed by atoms with Gasteiger partial charge in [0.15, 0.2) is 11.6 Å². The van der Waals surface area contributed by atoms with Gasteiger partial charge in [0.1, 0.15) is 53.9 Å². The first-order chi connectivity index (χ1) is 28.1. The Labute approximate surface area is 339 Å². The number of hydrogen-bond acceptors (Lipinski definition) is 12. The van der Waals surface area contributed by atoms with E-state index in [1.54, 1.807) is 17.3 Å². The smallest absolute Gasteiger partial charge is 0.329 e. The molecule has 13 nitrogen and oxygen atoms in total. The van der Waals surface area contributed by atoms with E-state index in [9.17, 15) is 19.7 Å². The highest BCUT2D eigenvalue weighted by Crippen LogP contribution is 2.59. The molecule has 1 aliphatic carbocycles. The third-order valence-electron chi connectivity index (χ3n) is 12.9. The maximum atomic E-state index is 17.5. The SMILES string of the molecule is N#CCC1([C@@H]2[C@H](CN3CCOc4c(Cl)c(-c5ccc(F)c6sc(N)c(C#N)c56)c(F)c5nc(OC[C@@]67CCCN6C[C@H](F)C7)nc3c45)CN2C(=O)n2ccnc2)CC1. The standard InChI is InChI=1S/C40H36ClF3N10O3S/c41-29-27(23-2-3-25(43)33-26(23)24(15-46)35(47)58-33)30(44)31-28-32(29)56-13-12-51(36(28)50-37(49-31)57-19-40-4-1-10-53(40)18-22(42)14-40)16-21-17-54(38(55)52-11-9-48-20-52)34(21)39(5-6-39)7-8-45/h2-3,9,11,20-22,34H,1,4-7,10,12-14,16-19,47H2/t21-,22-,34+,40+/m1/s1. The van der Waals surface area contributed by atoms with Crippen molar-refractivity contribution in [2.45, 2.75) is 56.3 Å². The summed E-state index contributed by atoms with van der Waals surface area (Å²) >= 11 is 8.02. The maximum Gasteiger partial charge on any atom is 0.329 e. The average molecular weight is 829 g/mol. The van der Waals surface area contributed by atoms with Crippen LogP contribution < -0.4 is 20.1 Å². The number of benzene rings is 2. The summed E-state index contributed by atoms with van der Waals surface area (Å²) in [4.78, 5) is 33.1. The molecule has 1 amide bonds. The zero-order valence-corrected chi connectivity index (χ0v) is 32.6. The van der Waals surface area contributed by atoms with E-state index in [0.717, 1.165) is 43.6 Å². The number of carbonyl (C=O) groups excluding carboxylic acids is 1. The average Bonchev–Trinajstić information content (AvgIpc) is 3.51. The first-order valence-electron chi connectivity index (χ1n) is 19.3. The van der Waals surface area contributed by atoms with Gasteiger partial charge in [-0.05, 0) is 43.9 Å². The number of nitrogens with two attached hydrogens (primary N) is 1. The lowest BCUT2D eigenvalue weighted by molar-refractivity contribution is 0.00591. The highest BCUT2D eigenvalue weighted by atomic mass is 35.5. The topological polar surface area (TPSA) is 162 Å². The third kappa shape index (κ3) is 5.57. The normalized spacial score (nSPS) is 24.6. The largest absolute Gasteiger partial charge is 0.489 e. The Balaban J connectivity index is 1.10. The summed E-state index contributed by atoms with van der Waals surface area (Å²) in [6.45, 7) is 2.33. The van der Waals surface area contributed by atoms with Gasteiger partial charge in [0.25, 0.3) is 0 Å². The molecule has 7 heterocycles. The summed E-state index contributed by atoms with van der Waals surface area (Å²) in [5, 5.41) is 20.2. The molecule has 4 fully saturated rings. The van der Waals surface area contributed by atoms with E-state index in [4.69, 9.17) is 31.8 Å². The first kappa shape index (κ1) is 36.9. The van der Waals surface area contributed by atoms with Gasteiger partial charge in [0.05, 0.1) is 38.8 Å². The van der Waals surface area contributed by atoms with Crippen molar-refractivity contribution in [1.82, 2.24) is 29.3 Å². The van der Waals surface area contributed by atoms with Crippen molar-refractivity contribution in [2.75, 3.05) is 56.6 Å². The first-order valence-corrected chi connectivity index (χ1v) is 20.4. The number of amides is 1. The Morgan fingerprint density at radius 1 is 1.16 bits per heavy atom. The molecule has 0 radical (unpaired) electrons. The number of alkyl halides is 1. The minimum Gasteiger partial charge on any atom is -0.489 e. The number of ether oxygens (including phenoxy) is 2. The Hall–Kier alpha value is -5.36. The Morgan fingerprint density at radius 2 is 2.00 bits per heavy atom. The Bertz CT molecular complexity index is 2610. The Kier molecular flexibility index (Phi) is 8.67. The van der Waals surface area contributed by atoms with Gasteiger partial charge in [-0.1, -0.05) is 17.7 Å². The molecule has 5 aromatic rings. The van der Waals surface area contributed by atoms with Crippen molar-refractivity contribution in [3.63, 3.8) is 0 Å². The summed E-state index contributed by atoms with van der Waals surface area (Å²) in [7, 11) is 0. The summed E-state index contributed by atoms with van der Waals surface area (Å²) in [5.41, 5.74) is 5.07. The van der Waals surface area contributed by atoms with E-state index >= 15 is 8.78 Å². The van der Waals surface area contributed by atoms with Gasteiger partial charge in [-0.15, -0.1) is 11.3 Å². The summed E-state index contributed by atoms with van der Waals surface area (Å²) in [6.07, 6.45) is 7.45. The number of aromatic nitrogens is 4. The van der Waals surface area contributed by atoms with Crippen LogP contribution in [0.3, 0.4) is 0 Å². The molecular formula is C40H36ClF3N10O3S. The molecule has 1 saturated carbocycles. The van der Waals surface area contributed by atoms with E-state index in [0.29, 0.717) is 44.8 Å². The molecule has 4 aliphatic heterocycles. The molecule has 0 spiro atoms. The van der Waals surface area contributed by atoms with Gasteiger partial charge >= 0.3 is 12.0 Å². The number of nitriles is 2. The Morgan fingerprint density at radius 3 is 2.76 bits per heavy atom. The molecule has 0 bridgehead atoms. The lowest BCUT2D eigenvalue weighted by atomic mass is 9.75. The van der Waals surface area contributed by atoms with Crippen LogP contribution in [0, 0.1) is 45.6 Å². The van der Waals surface area contributed by atoms with Crippen molar-refractivity contribution >= 4 is 60.8 Å². The predicted octanol–water partition coefficient (Wildman–Crippen LogP) is 6.91. The number of imidazole rings is 1. The highest BCUT2D eigenvalue weighted by molar-refractivity contribution is 7.23. The monoisotopic (exact) mass is 828 g/mol. The second kappa shape index (κ2) is 13.6. The molecule has 2 N–H and O–H groups in total. The van der Waals surface area contributed by atoms with Crippen LogP contribution in [-0.4, -0.2) is 99.0 Å². The summed E-state index contributed by atoms with van der Waals surface area (Å²) in [5.74, 6) is -1.16. The summed E-state index contributed by atoms with van der Waals surface area (Å²) in [6, 6.07) is 6.31. The van der Waals surface area contributed by atoms with Crippen LogP contribution in [0.4, 0.5) is 28.8 Å². The minimum atomic E-state index is -0.994. The van der Waals surface area contributed by atoms with Crippen LogP contribution in [-0.2, 0) is 0 Å². The molecule has 5 aliphatic rings. The van der Waals surface area contributed by atoms with Gasteiger partial charge in [-0.25, -0.2) is 22.9 Å². The number of halogens is 4. The molecule has 298 valence electrons. The van der Waals surface area contributed by atoms with Gasteiger partial charge in [0.2, 0.25) is 0 Å². The summed E-state index contributed by atoms with van der Waals surface area (Å²) < 4.78 is 61.7. The van der Waals surface area contributed by atoms with Crippen LogP contribution >= 0.6 is 22.9 Å². The zero-order valence-electron chi connectivity index (χ0n) is 31.1. The molecule has 0 unspecified atom stereocenters. The van der Waals surface area contributed by atoms with Crippen LogP contribution in [0.15, 0.2) is 30.9 Å². The fourth-order valence-corrected chi connectivity index (χ4v) is 11.3. The van der Waals surface area contributed by atoms with E-state index in [-0.39, 0.29) is 96.1 Å². The van der Waals surface area contributed by atoms with E-state index in [1.807, 2.05) is 11.0 Å². The highest BCUT2D eigenvalue weighted by Gasteiger charge is 2.60.